The number of carboxylic acid groups (broad SMARTS) is 1. The summed E-state index contributed by atoms with van der Waals surface area (Å²) in [6.07, 6.45) is 0.265. The van der Waals surface area contributed by atoms with Crippen molar-refractivity contribution in [2.24, 2.45) is 0 Å². The molecule has 0 aliphatic heterocycles. The van der Waals surface area contributed by atoms with E-state index in [2.05, 4.69) is 29.6 Å². The van der Waals surface area contributed by atoms with Crippen molar-refractivity contribution in [1.82, 2.24) is 5.32 Å². The Morgan fingerprint density at radius 2 is 1.31 bits per heavy atom. The Hall–Kier alpha value is -4.22. The number of ether oxygens (including phenoxy) is 1. The number of carboxylic acids is 1. The van der Waals surface area contributed by atoms with Crippen molar-refractivity contribution in [3.63, 3.8) is 0 Å². The second kappa shape index (κ2) is 10.6. The molecule has 1 aliphatic carbocycles. The van der Waals surface area contributed by atoms with E-state index in [1.165, 1.54) is 0 Å². The van der Waals surface area contributed by atoms with Crippen LogP contribution in [0, 0.1) is 0 Å². The molecule has 0 radical (unpaired) electrons. The van der Waals surface area contributed by atoms with Gasteiger partial charge in [-0.05, 0) is 45.4 Å². The largest absolute Gasteiger partial charge is 0.480 e. The molecule has 0 saturated heterocycles. The fourth-order valence-electron chi connectivity index (χ4n) is 4.82. The lowest BCUT2D eigenvalue weighted by Crippen LogP contribution is -2.41. The maximum Gasteiger partial charge on any atom is 0.321 e. The molecule has 4 aromatic carbocycles. The Morgan fingerprint density at radius 3 is 1.92 bits per heavy atom. The predicted octanol–water partition coefficient (Wildman–Crippen LogP) is 5.29. The summed E-state index contributed by atoms with van der Waals surface area (Å²) in [5.41, 5.74) is 7.66. The van der Waals surface area contributed by atoms with E-state index in [9.17, 15) is 14.7 Å². The molecule has 180 valence electrons. The summed E-state index contributed by atoms with van der Waals surface area (Å²) in [7, 11) is 0. The third-order valence-corrected chi connectivity index (χ3v) is 6.67. The van der Waals surface area contributed by atoms with Crippen LogP contribution in [0.25, 0.3) is 22.3 Å². The fourth-order valence-corrected chi connectivity index (χ4v) is 4.82. The lowest BCUT2D eigenvalue weighted by atomic mass is 9.98. The van der Waals surface area contributed by atoms with Gasteiger partial charge in [-0.2, -0.15) is 0 Å². The first-order chi connectivity index (χ1) is 17.6. The minimum Gasteiger partial charge on any atom is -0.480 e. The average Bonchev–Trinajstić information content (AvgIpc) is 3.24. The zero-order chi connectivity index (χ0) is 24.9. The third kappa shape index (κ3) is 5.07. The van der Waals surface area contributed by atoms with Crippen molar-refractivity contribution in [3.05, 3.63) is 120 Å². The van der Waals surface area contributed by atoms with Crippen molar-refractivity contribution >= 4 is 11.9 Å². The molecular formula is C31H27NO4. The molecule has 5 rings (SSSR count). The van der Waals surface area contributed by atoms with Gasteiger partial charge in [0, 0.05) is 5.92 Å². The molecule has 1 aliphatic rings. The van der Waals surface area contributed by atoms with Crippen LogP contribution in [-0.2, 0) is 20.7 Å². The lowest BCUT2D eigenvalue weighted by Gasteiger charge is -2.17. The minimum atomic E-state index is -1.01. The van der Waals surface area contributed by atoms with Crippen molar-refractivity contribution in [1.29, 1.82) is 0 Å². The molecular weight excluding hydrogens is 450 g/mol. The van der Waals surface area contributed by atoms with Gasteiger partial charge in [-0.1, -0.05) is 103 Å². The molecule has 0 heterocycles. The highest BCUT2D eigenvalue weighted by atomic mass is 16.5. The van der Waals surface area contributed by atoms with Crippen LogP contribution in [0.2, 0.25) is 0 Å². The topological polar surface area (TPSA) is 75.6 Å². The molecule has 0 spiro atoms. The number of benzene rings is 4. The highest BCUT2D eigenvalue weighted by molar-refractivity contribution is 5.79. The van der Waals surface area contributed by atoms with E-state index < -0.39 is 18.0 Å². The standard InChI is InChI=1S/C31H27NO4/c33-30(36-20-28-26-12-6-4-10-24(26)25-11-5-7-13-27(25)28)19-32-29(31(34)35)18-21-14-16-23(17-15-21)22-8-2-1-3-9-22/h1-17,28-29,32H,18-20H2,(H,34,35). The van der Waals surface area contributed by atoms with E-state index in [0.717, 1.165) is 38.9 Å². The number of esters is 1. The Labute approximate surface area is 210 Å². The second-order valence-electron chi connectivity index (χ2n) is 8.95. The predicted molar refractivity (Wildman–Crippen MR) is 140 cm³/mol. The first-order valence-corrected chi connectivity index (χ1v) is 12.0. The Bertz CT molecular complexity index is 1320. The van der Waals surface area contributed by atoms with Crippen LogP contribution >= 0.6 is 0 Å². The van der Waals surface area contributed by atoms with E-state index in [0.29, 0.717) is 0 Å². The summed E-state index contributed by atoms with van der Waals surface area (Å²) in [6, 6.07) is 33.2. The molecule has 5 heteroatoms. The minimum absolute atomic E-state index is 0.0280. The Morgan fingerprint density at radius 1 is 0.750 bits per heavy atom. The van der Waals surface area contributed by atoms with E-state index in [4.69, 9.17) is 4.74 Å². The van der Waals surface area contributed by atoms with E-state index in [1.807, 2.05) is 78.9 Å². The van der Waals surface area contributed by atoms with Gasteiger partial charge in [-0.3, -0.25) is 14.9 Å². The quantitative estimate of drug-likeness (QED) is 0.320. The smallest absolute Gasteiger partial charge is 0.321 e. The molecule has 4 aromatic rings. The summed E-state index contributed by atoms with van der Waals surface area (Å²) >= 11 is 0. The van der Waals surface area contributed by atoms with Crippen LogP contribution in [0.5, 0.6) is 0 Å². The molecule has 1 atom stereocenters. The summed E-state index contributed by atoms with van der Waals surface area (Å²) in [6.45, 7) is 0.0440. The van der Waals surface area contributed by atoms with E-state index in [1.54, 1.807) is 0 Å². The summed E-state index contributed by atoms with van der Waals surface area (Å²) in [5, 5.41) is 12.5. The van der Waals surface area contributed by atoms with E-state index in [-0.39, 0.29) is 25.5 Å². The lowest BCUT2D eigenvalue weighted by molar-refractivity contribution is -0.144. The van der Waals surface area contributed by atoms with Crippen LogP contribution in [0.4, 0.5) is 0 Å². The SMILES string of the molecule is O=C(CNC(Cc1ccc(-c2ccccc2)cc1)C(=O)O)OCC1c2ccccc2-c2ccccc21. The number of carbonyl (C=O) groups excluding carboxylic acids is 1. The number of fused-ring (bicyclic) bond motifs is 3. The Balaban J connectivity index is 1.17. The molecule has 0 aromatic heterocycles. The summed E-state index contributed by atoms with van der Waals surface area (Å²) < 4.78 is 5.59. The van der Waals surface area contributed by atoms with Crippen LogP contribution < -0.4 is 5.32 Å². The number of rotatable bonds is 9. The van der Waals surface area contributed by atoms with Crippen LogP contribution in [0.3, 0.4) is 0 Å². The first kappa shape index (κ1) is 23.5. The summed E-state index contributed by atoms with van der Waals surface area (Å²) in [5.74, 6) is -1.50. The molecule has 36 heavy (non-hydrogen) atoms. The number of carbonyl (C=O) groups is 2. The van der Waals surface area contributed by atoms with Crippen molar-refractivity contribution in [2.45, 2.75) is 18.4 Å². The molecule has 0 fully saturated rings. The number of nitrogens with one attached hydrogen (secondary N) is 1. The Kier molecular flexibility index (Phi) is 6.92. The van der Waals surface area contributed by atoms with Gasteiger partial charge in [-0.15, -0.1) is 0 Å². The maximum absolute atomic E-state index is 12.5. The zero-order valence-electron chi connectivity index (χ0n) is 19.8. The van der Waals surface area contributed by atoms with Gasteiger partial charge in [0.25, 0.3) is 0 Å². The van der Waals surface area contributed by atoms with Gasteiger partial charge in [0.15, 0.2) is 0 Å². The number of hydrogen-bond acceptors (Lipinski definition) is 4. The highest BCUT2D eigenvalue weighted by Crippen LogP contribution is 2.44. The fraction of sp³-hybridized carbons (Fsp3) is 0.161. The van der Waals surface area contributed by atoms with Crippen molar-refractivity contribution in [3.8, 4) is 22.3 Å². The molecule has 2 N–H and O–H groups in total. The first-order valence-electron chi connectivity index (χ1n) is 12.0. The number of hydrogen-bond donors (Lipinski definition) is 2. The van der Waals surface area contributed by atoms with Gasteiger partial charge in [0.2, 0.25) is 0 Å². The van der Waals surface area contributed by atoms with Crippen molar-refractivity contribution in [2.75, 3.05) is 13.2 Å². The molecule has 0 bridgehead atoms. The van der Waals surface area contributed by atoms with Crippen LogP contribution in [-0.4, -0.2) is 36.2 Å². The monoisotopic (exact) mass is 477 g/mol. The normalized spacial score (nSPS) is 13.0. The van der Waals surface area contributed by atoms with Gasteiger partial charge < -0.3 is 9.84 Å². The molecule has 0 amide bonds. The van der Waals surface area contributed by atoms with Crippen LogP contribution in [0.15, 0.2) is 103 Å². The van der Waals surface area contributed by atoms with Gasteiger partial charge in [0.05, 0.1) is 6.54 Å². The average molecular weight is 478 g/mol. The molecule has 5 nitrogen and oxygen atoms in total. The highest BCUT2D eigenvalue weighted by Gasteiger charge is 2.29. The summed E-state index contributed by atoms with van der Waals surface area (Å²) in [4.78, 5) is 24.4. The zero-order valence-corrected chi connectivity index (χ0v) is 19.8. The molecule has 1 unspecified atom stereocenters. The number of aliphatic carboxylic acids is 1. The third-order valence-electron chi connectivity index (χ3n) is 6.67. The van der Waals surface area contributed by atoms with Gasteiger partial charge in [0.1, 0.15) is 12.6 Å². The second-order valence-corrected chi connectivity index (χ2v) is 8.95. The van der Waals surface area contributed by atoms with Gasteiger partial charge >= 0.3 is 11.9 Å². The molecule has 0 saturated carbocycles. The van der Waals surface area contributed by atoms with Crippen molar-refractivity contribution < 1.29 is 19.4 Å². The van der Waals surface area contributed by atoms with Crippen LogP contribution in [0.1, 0.15) is 22.6 Å². The maximum atomic E-state index is 12.5. The van der Waals surface area contributed by atoms with Gasteiger partial charge in [-0.25, -0.2) is 0 Å². The van der Waals surface area contributed by atoms with E-state index >= 15 is 0 Å².